The molecule has 1 amide bonds. The summed E-state index contributed by atoms with van der Waals surface area (Å²) >= 11 is 1.24. The molecule has 0 aliphatic rings. The average Bonchev–Trinajstić information content (AvgIpc) is 3.01. The number of hydrogen-bond donors (Lipinski definition) is 1. The van der Waals surface area contributed by atoms with Gasteiger partial charge in [-0.25, -0.2) is 4.79 Å². The van der Waals surface area contributed by atoms with Gasteiger partial charge in [-0.15, -0.1) is 11.3 Å². The Bertz CT molecular complexity index is 681. The Morgan fingerprint density at radius 3 is 2.74 bits per heavy atom. The van der Waals surface area contributed by atoms with Crippen LogP contribution in [-0.4, -0.2) is 25.6 Å². The lowest BCUT2D eigenvalue weighted by atomic mass is 10.1. The number of benzene rings is 1. The number of esters is 1. The predicted molar refractivity (Wildman–Crippen MR) is 90.2 cm³/mol. The lowest BCUT2D eigenvalue weighted by Crippen LogP contribution is -2.14. The molecule has 2 rings (SSSR count). The third kappa shape index (κ3) is 4.56. The maximum absolute atomic E-state index is 12.1. The van der Waals surface area contributed by atoms with Crippen LogP contribution < -0.4 is 10.1 Å². The minimum Gasteiger partial charge on any atom is -0.494 e. The van der Waals surface area contributed by atoms with Crippen molar-refractivity contribution in [3.63, 3.8) is 0 Å². The summed E-state index contributed by atoms with van der Waals surface area (Å²) in [6.07, 6.45) is 0.875. The van der Waals surface area contributed by atoms with E-state index in [0.717, 1.165) is 11.3 Å². The van der Waals surface area contributed by atoms with Gasteiger partial charge < -0.3 is 14.8 Å². The topological polar surface area (TPSA) is 64.6 Å². The molecule has 1 aromatic heterocycles. The van der Waals surface area contributed by atoms with Crippen LogP contribution in [0.25, 0.3) is 0 Å². The number of carbonyl (C=O) groups excluding carboxylic acids is 2. The zero-order chi connectivity index (χ0) is 16.7. The fourth-order valence-electron chi connectivity index (χ4n) is 2.13. The van der Waals surface area contributed by atoms with Crippen molar-refractivity contribution in [3.8, 4) is 5.75 Å². The van der Waals surface area contributed by atoms with Crippen molar-refractivity contribution in [3.05, 3.63) is 46.2 Å². The van der Waals surface area contributed by atoms with Crippen molar-refractivity contribution < 1.29 is 19.1 Å². The zero-order valence-electron chi connectivity index (χ0n) is 13.1. The van der Waals surface area contributed by atoms with Crippen molar-refractivity contribution in [2.75, 3.05) is 19.0 Å². The van der Waals surface area contributed by atoms with Crippen LogP contribution in [0.5, 0.6) is 5.75 Å². The summed E-state index contributed by atoms with van der Waals surface area (Å²) in [7, 11) is 1.32. The van der Waals surface area contributed by atoms with Crippen LogP contribution in [0.2, 0.25) is 0 Å². The summed E-state index contributed by atoms with van der Waals surface area (Å²) in [5.41, 5.74) is 1.48. The number of nitrogens with one attached hydrogen (secondary N) is 1. The second kappa shape index (κ2) is 8.33. The lowest BCUT2D eigenvalue weighted by Gasteiger charge is -2.10. The van der Waals surface area contributed by atoms with E-state index in [1.54, 1.807) is 11.4 Å². The number of aryl methyl sites for hydroxylation is 1. The van der Waals surface area contributed by atoms with Crippen LogP contribution in [0.4, 0.5) is 5.69 Å². The Hall–Kier alpha value is -2.34. The summed E-state index contributed by atoms with van der Waals surface area (Å²) in [5.74, 6) is 0.199. The van der Waals surface area contributed by atoms with Gasteiger partial charge in [0, 0.05) is 6.42 Å². The SMILES string of the molecule is CCOc1ccccc1CCC(=O)Nc1ccsc1C(=O)OC. The van der Waals surface area contributed by atoms with Crippen molar-refractivity contribution in [1.29, 1.82) is 0 Å². The van der Waals surface area contributed by atoms with Gasteiger partial charge in [-0.1, -0.05) is 18.2 Å². The van der Waals surface area contributed by atoms with E-state index in [1.165, 1.54) is 18.4 Å². The molecule has 0 unspecified atom stereocenters. The van der Waals surface area contributed by atoms with Gasteiger partial charge in [0.2, 0.25) is 5.91 Å². The first-order valence-electron chi connectivity index (χ1n) is 7.32. The number of anilines is 1. The molecule has 0 bridgehead atoms. The first-order chi connectivity index (χ1) is 11.2. The maximum atomic E-state index is 12.1. The van der Waals surface area contributed by atoms with Crippen molar-refractivity contribution in [1.82, 2.24) is 0 Å². The van der Waals surface area contributed by atoms with E-state index in [4.69, 9.17) is 9.47 Å². The molecule has 0 atom stereocenters. The number of carbonyl (C=O) groups is 2. The summed E-state index contributed by atoms with van der Waals surface area (Å²) in [6.45, 7) is 2.51. The summed E-state index contributed by atoms with van der Waals surface area (Å²) in [4.78, 5) is 24.1. The molecule has 23 heavy (non-hydrogen) atoms. The summed E-state index contributed by atoms with van der Waals surface area (Å²) in [5, 5.41) is 4.50. The quantitative estimate of drug-likeness (QED) is 0.788. The molecule has 5 nitrogen and oxygen atoms in total. The number of hydrogen-bond acceptors (Lipinski definition) is 5. The number of amides is 1. The maximum Gasteiger partial charge on any atom is 0.350 e. The van der Waals surface area contributed by atoms with E-state index in [-0.39, 0.29) is 5.91 Å². The first kappa shape index (κ1) is 17.0. The molecule has 1 N–H and O–H groups in total. The summed E-state index contributed by atoms with van der Waals surface area (Å²) in [6, 6.07) is 9.36. The van der Waals surface area contributed by atoms with E-state index in [1.807, 2.05) is 31.2 Å². The standard InChI is InChI=1S/C17H19NO4S/c1-3-22-14-7-5-4-6-12(14)8-9-15(19)18-13-10-11-23-16(13)17(20)21-2/h4-7,10-11H,3,8-9H2,1-2H3,(H,18,19). The predicted octanol–water partition coefficient (Wildman–Crippen LogP) is 3.50. The molecule has 0 aliphatic heterocycles. The molecule has 2 aromatic rings. The average molecular weight is 333 g/mol. The Labute approximate surface area is 139 Å². The highest BCUT2D eigenvalue weighted by Gasteiger charge is 2.15. The number of thiophene rings is 1. The van der Waals surface area contributed by atoms with Gasteiger partial charge in [0.1, 0.15) is 10.6 Å². The normalized spacial score (nSPS) is 10.2. The van der Waals surface area contributed by atoms with Crippen LogP contribution in [0.1, 0.15) is 28.6 Å². The highest BCUT2D eigenvalue weighted by atomic mass is 32.1. The van der Waals surface area contributed by atoms with Gasteiger partial charge in [-0.2, -0.15) is 0 Å². The number of methoxy groups -OCH3 is 1. The van der Waals surface area contributed by atoms with Crippen molar-refractivity contribution in [2.45, 2.75) is 19.8 Å². The molecule has 1 aromatic carbocycles. The Balaban J connectivity index is 1.96. The van der Waals surface area contributed by atoms with Gasteiger partial charge in [0.25, 0.3) is 0 Å². The molecule has 0 radical (unpaired) electrons. The fourth-order valence-corrected chi connectivity index (χ4v) is 2.89. The third-order valence-corrected chi connectivity index (χ3v) is 4.10. The molecule has 0 saturated heterocycles. The highest BCUT2D eigenvalue weighted by molar-refractivity contribution is 7.12. The van der Waals surface area contributed by atoms with Crippen LogP contribution in [0.15, 0.2) is 35.7 Å². The minimum absolute atomic E-state index is 0.153. The Morgan fingerprint density at radius 2 is 2.00 bits per heavy atom. The van der Waals surface area contributed by atoms with Gasteiger partial charge in [0.05, 0.1) is 19.4 Å². The molecule has 6 heteroatoms. The third-order valence-electron chi connectivity index (χ3n) is 3.20. The Morgan fingerprint density at radius 1 is 1.22 bits per heavy atom. The minimum atomic E-state index is -0.447. The van der Waals surface area contributed by atoms with E-state index >= 15 is 0 Å². The monoisotopic (exact) mass is 333 g/mol. The molecule has 122 valence electrons. The molecule has 0 spiro atoms. The molecular formula is C17H19NO4S. The van der Waals surface area contributed by atoms with Gasteiger partial charge in [-0.05, 0) is 36.4 Å². The number of para-hydroxylation sites is 1. The van der Waals surface area contributed by atoms with Crippen LogP contribution in [0.3, 0.4) is 0 Å². The largest absolute Gasteiger partial charge is 0.494 e. The van der Waals surface area contributed by atoms with Crippen LogP contribution in [-0.2, 0) is 16.0 Å². The molecular weight excluding hydrogens is 314 g/mol. The smallest absolute Gasteiger partial charge is 0.350 e. The van der Waals surface area contributed by atoms with Crippen LogP contribution >= 0.6 is 11.3 Å². The first-order valence-corrected chi connectivity index (χ1v) is 8.20. The van der Waals surface area contributed by atoms with Crippen LogP contribution in [0, 0.1) is 0 Å². The molecule has 0 saturated carbocycles. The van der Waals surface area contributed by atoms with Crippen molar-refractivity contribution >= 4 is 28.9 Å². The number of rotatable bonds is 7. The van der Waals surface area contributed by atoms with Gasteiger partial charge in [0.15, 0.2) is 0 Å². The van der Waals surface area contributed by atoms with E-state index in [9.17, 15) is 9.59 Å². The van der Waals surface area contributed by atoms with E-state index < -0.39 is 5.97 Å². The fraction of sp³-hybridized carbons (Fsp3) is 0.294. The summed E-state index contributed by atoms with van der Waals surface area (Å²) < 4.78 is 10.2. The lowest BCUT2D eigenvalue weighted by molar-refractivity contribution is -0.116. The second-order valence-electron chi connectivity index (χ2n) is 4.74. The zero-order valence-corrected chi connectivity index (χ0v) is 13.9. The van der Waals surface area contributed by atoms with Crippen molar-refractivity contribution in [2.24, 2.45) is 0 Å². The molecule has 0 aliphatic carbocycles. The Kier molecular flexibility index (Phi) is 6.17. The van der Waals surface area contributed by atoms with Gasteiger partial charge in [-0.3, -0.25) is 4.79 Å². The highest BCUT2D eigenvalue weighted by Crippen LogP contribution is 2.24. The molecule has 1 heterocycles. The molecule has 0 fully saturated rings. The second-order valence-corrected chi connectivity index (χ2v) is 5.66. The van der Waals surface area contributed by atoms with E-state index in [2.05, 4.69) is 5.32 Å². The number of ether oxygens (including phenoxy) is 2. The van der Waals surface area contributed by atoms with Gasteiger partial charge >= 0.3 is 5.97 Å². The van der Waals surface area contributed by atoms with E-state index in [0.29, 0.717) is 30.0 Å².